The van der Waals surface area contributed by atoms with Crippen molar-refractivity contribution >= 4 is 23.4 Å². The van der Waals surface area contributed by atoms with Gasteiger partial charge < -0.3 is 4.74 Å². The molecular formula is C25H17F3N4O4. The van der Waals surface area contributed by atoms with Crippen molar-refractivity contribution in [2.45, 2.75) is 12.3 Å². The first-order valence-electron chi connectivity index (χ1n) is 10.5. The highest BCUT2D eigenvalue weighted by Crippen LogP contribution is 2.33. The normalized spacial score (nSPS) is 12.7. The van der Waals surface area contributed by atoms with Crippen LogP contribution in [0.3, 0.4) is 0 Å². The fraction of sp³-hybridized carbons (Fsp3) is 0.0800. The number of rotatable bonds is 7. The van der Waals surface area contributed by atoms with Gasteiger partial charge in [-0.2, -0.15) is 18.3 Å². The van der Waals surface area contributed by atoms with E-state index in [-0.39, 0.29) is 16.9 Å². The van der Waals surface area contributed by atoms with Crippen LogP contribution in [0.1, 0.15) is 33.2 Å². The molecule has 1 heterocycles. The zero-order valence-electron chi connectivity index (χ0n) is 18.4. The Morgan fingerprint density at radius 1 is 1.03 bits per heavy atom. The minimum atomic E-state index is -4.49. The number of esters is 1. The highest BCUT2D eigenvalue weighted by atomic mass is 19.4. The molecular weight excluding hydrogens is 477 g/mol. The Balaban J connectivity index is 1.77. The van der Waals surface area contributed by atoms with Gasteiger partial charge >= 0.3 is 12.1 Å². The number of aromatic nitrogens is 3. The second kappa shape index (κ2) is 10.2. The van der Waals surface area contributed by atoms with Gasteiger partial charge in [0.2, 0.25) is 0 Å². The Morgan fingerprint density at radius 3 is 2.36 bits per heavy atom. The first-order valence-corrected chi connectivity index (χ1v) is 10.5. The predicted molar refractivity (Wildman–Crippen MR) is 123 cm³/mol. The molecule has 0 N–H and O–H groups in total. The lowest BCUT2D eigenvalue weighted by Gasteiger charge is -2.22. The molecule has 0 aliphatic heterocycles. The minimum Gasteiger partial charge on any atom is -0.447 e. The number of carbonyl (C=O) groups excluding carboxylic acids is 1. The van der Waals surface area contributed by atoms with Crippen LogP contribution >= 0.6 is 0 Å². The Hall–Kier alpha value is -4.80. The highest BCUT2D eigenvalue weighted by Gasteiger charge is 2.30. The van der Waals surface area contributed by atoms with E-state index in [1.807, 2.05) is 0 Å². The van der Waals surface area contributed by atoms with Crippen LogP contribution in [0.25, 0.3) is 11.8 Å². The number of ether oxygens (including phenoxy) is 1. The third kappa shape index (κ3) is 5.63. The summed E-state index contributed by atoms with van der Waals surface area (Å²) in [7, 11) is 0. The zero-order chi connectivity index (χ0) is 25.7. The summed E-state index contributed by atoms with van der Waals surface area (Å²) >= 11 is 0. The number of hydrogen-bond donors (Lipinski definition) is 0. The molecule has 0 aliphatic carbocycles. The van der Waals surface area contributed by atoms with Gasteiger partial charge in [0.05, 0.1) is 21.7 Å². The molecule has 4 rings (SSSR count). The standard InChI is InChI=1S/C25H17F3N4O4/c26-25(27,28)20-11-9-17(10-12-20)13-22(31-16-29-15-30-31)23(18-5-2-1-3-6-18)36-24(33)19-7-4-8-21(14-19)32(34)35/h1-16,23H/b22-13+. The molecule has 0 radical (unpaired) electrons. The lowest BCUT2D eigenvalue weighted by Crippen LogP contribution is -2.17. The van der Waals surface area contributed by atoms with Crippen LogP contribution in [0.15, 0.2) is 91.5 Å². The molecule has 3 aromatic carbocycles. The largest absolute Gasteiger partial charge is 0.447 e. The number of halogens is 3. The summed E-state index contributed by atoms with van der Waals surface area (Å²) in [5, 5.41) is 15.2. The van der Waals surface area contributed by atoms with Gasteiger partial charge in [-0.3, -0.25) is 10.1 Å². The van der Waals surface area contributed by atoms with E-state index in [0.717, 1.165) is 18.2 Å². The third-order valence-corrected chi connectivity index (χ3v) is 5.12. The highest BCUT2D eigenvalue weighted by molar-refractivity contribution is 5.91. The molecule has 0 aliphatic rings. The zero-order valence-corrected chi connectivity index (χ0v) is 18.4. The monoisotopic (exact) mass is 494 g/mol. The summed E-state index contributed by atoms with van der Waals surface area (Å²) in [6.45, 7) is 0. The Labute approximate surface area is 202 Å². The number of carbonyl (C=O) groups is 1. The molecule has 36 heavy (non-hydrogen) atoms. The van der Waals surface area contributed by atoms with Crippen LogP contribution in [0, 0.1) is 10.1 Å². The lowest BCUT2D eigenvalue weighted by molar-refractivity contribution is -0.384. The van der Waals surface area contributed by atoms with Gasteiger partial charge in [0, 0.05) is 12.1 Å². The summed E-state index contributed by atoms with van der Waals surface area (Å²) in [4.78, 5) is 27.5. The summed E-state index contributed by atoms with van der Waals surface area (Å²) in [6, 6.07) is 18.1. The van der Waals surface area contributed by atoms with E-state index in [2.05, 4.69) is 10.1 Å². The number of nitro benzene ring substituents is 1. The Morgan fingerprint density at radius 2 is 1.75 bits per heavy atom. The smallest absolute Gasteiger partial charge is 0.416 e. The van der Waals surface area contributed by atoms with Crippen LogP contribution in [-0.2, 0) is 10.9 Å². The van der Waals surface area contributed by atoms with Crippen molar-refractivity contribution < 1.29 is 27.6 Å². The number of alkyl halides is 3. The van der Waals surface area contributed by atoms with Gasteiger partial charge in [-0.25, -0.2) is 14.5 Å². The van der Waals surface area contributed by atoms with E-state index < -0.39 is 28.7 Å². The summed E-state index contributed by atoms with van der Waals surface area (Å²) in [5.74, 6) is -0.842. The second-order valence-electron chi connectivity index (χ2n) is 7.53. The maximum Gasteiger partial charge on any atom is 0.416 e. The van der Waals surface area contributed by atoms with Crippen LogP contribution in [-0.4, -0.2) is 25.7 Å². The molecule has 1 aromatic heterocycles. The molecule has 0 amide bonds. The summed E-state index contributed by atoms with van der Waals surface area (Å²) in [5.41, 5.74) is 0.0665. The second-order valence-corrected chi connectivity index (χ2v) is 7.53. The van der Waals surface area contributed by atoms with Gasteiger partial charge in [0.25, 0.3) is 5.69 Å². The molecule has 0 saturated carbocycles. The van der Waals surface area contributed by atoms with E-state index >= 15 is 0 Å². The first kappa shape index (κ1) is 24.3. The SMILES string of the molecule is O=C(OC(/C(=C\c1ccc(C(F)(F)F)cc1)n1cncn1)c1ccccc1)c1cccc([N+](=O)[O-])c1. The maximum atomic E-state index is 13.0. The Kier molecular flexibility index (Phi) is 6.91. The molecule has 182 valence electrons. The van der Waals surface area contributed by atoms with Gasteiger partial charge in [0.1, 0.15) is 12.7 Å². The van der Waals surface area contributed by atoms with Gasteiger partial charge in [-0.05, 0) is 35.4 Å². The lowest BCUT2D eigenvalue weighted by atomic mass is 10.0. The topological polar surface area (TPSA) is 100 Å². The van der Waals surface area contributed by atoms with Crippen molar-refractivity contribution in [2.75, 3.05) is 0 Å². The van der Waals surface area contributed by atoms with Crippen LogP contribution in [0.2, 0.25) is 0 Å². The van der Waals surface area contributed by atoms with Crippen molar-refractivity contribution in [1.82, 2.24) is 14.8 Å². The number of nitro groups is 1. The Bertz CT molecular complexity index is 1390. The van der Waals surface area contributed by atoms with E-state index in [0.29, 0.717) is 11.1 Å². The maximum absolute atomic E-state index is 13.0. The van der Waals surface area contributed by atoms with Crippen LogP contribution < -0.4 is 0 Å². The minimum absolute atomic E-state index is 0.0439. The molecule has 4 aromatic rings. The first-order chi connectivity index (χ1) is 17.2. The number of benzene rings is 3. The van der Waals surface area contributed by atoms with E-state index in [1.54, 1.807) is 30.3 Å². The predicted octanol–water partition coefficient (Wildman–Crippen LogP) is 5.80. The fourth-order valence-corrected chi connectivity index (χ4v) is 3.39. The third-order valence-electron chi connectivity index (χ3n) is 5.12. The molecule has 0 bridgehead atoms. The van der Waals surface area contributed by atoms with Crippen molar-refractivity contribution in [3.63, 3.8) is 0 Å². The molecule has 1 unspecified atom stereocenters. The van der Waals surface area contributed by atoms with Crippen molar-refractivity contribution in [3.05, 3.63) is 124 Å². The van der Waals surface area contributed by atoms with Gasteiger partial charge in [-0.15, -0.1) is 0 Å². The number of non-ortho nitro benzene ring substituents is 1. The van der Waals surface area contributed by atoms with Crippen molar-refractivity contribution in [2.24, 2.45) is 0 Å². The molecule has 11 heteroatoms. The quantitative estimate of drug-likeness (QED) is 0.183. The van der Waals surface area contributed by atoms with Crippen LogP contribution in [0.5, 0.6) is 0 Å². The van der Waals surface area contributed by atoms with E-state index in [4.69, 9.17) is 4.74 Å². The van der Waals surface area contributed by atoms with E-state index in [1.165, 1.54) is 53.7 Å². The molecule has 0 spiro atoms. The van der Waals surface area contributed by atoms with Crippen molar-refractivity contribution in [3.8, 4) is 0 Å². The molecule has 1 atom stereocenters. The van der Waals surface area contributed by atoms with Gasteiger partial charge in [-0.1, -0.05) is 48.5 Å². The van der Waals surface area contributed by atoms with Crippen LogP contribution in [0.4, 0.5) is 18.9 Å². The number of hydrogen-bond acceptors (Lipinski definition) is 6. The fourth-order valence-electron chi connectivity index (χ4n) is 3.39. The molecule has 0 fully saturated rings. The molecule has 8 nitrogen and oxygen atoms in total. The van der Waals surface area contributed by atoms with E-state index in [9.17, 15) is 28.1 Å². The van der Waals surface area contributed by atoms with Gasteiger partial charge in [0.15, 0.2) is 6.10 Å². The summed E-state index contributed by atoms with van der Waals surface area (Å²) in [6.07, 6.45) is -1.44. The van der Waals surface area contributed by atoms with Crippen molar-refractivity contribution in [1.29, 1.82) is 0 Å². The number of nitrogens with zero attached hydrogens (tertiary/aromatic N) is 4. The summed E-state index contributed by atoms with van der Waals surface area (Å²) < 4.78 is 46.1. The average Bonchev–Trinajstić information content (AvgIpc) is 3.41. The molecule has 0 saturated heterocycles. The average molecular weight is 494 g/mol.